The van der Waals surface area contributed by atoms with Crippen molar-refractivity contribution in [2.75, 3.05) is 0 Å². The van der Waals surface area contributed by atoms with Gasteiger partial charge in [0, 0.05) is 6.54 Å². The Kier molecular flexibility index (Phi) is 3.97. The molecule has 5 nitrogen and oxygen atoms in total. The molecule has 106 valence electrons. The molecule has 2 aromatic rings. The van der Waals surface area contributed by atoms with E-state index >= 15 is 0 Å². The standard InChI is InChI=1S/C15H19N3O2/c19-11-13-6-7-15(20-13)14-10-18(17-16-14)9-8-12-4-2-1-3-5-12/h4,6-7,10,19H,1-3,5,8-9,11H2. The first-order valence-electron chi connectivity index (χ1n) is 7.13. The maximum Gasteiger partial charge on any atom is 0.156 e. The average Bonchev–Trinajstić information content (AvgIpc) is 3.15. The van der Waals surface area contributed by atoms with Crippen molar-refractivity contribution in [2.24, 2.45) is 0 Å². The molecule has 1 aliphatic carbocycles. The highest BCUT2D eigenvalue weighted by atomic mass is 16.4. The predicted octanol–water partition coefficient (Wildman–Crippen LogP) is 2.92. The Bertz CT molecular complexity index is 598. The van der Waals surface area contributed by atoms with Crippen LogP contribution in [-0.4, -0.2) is 20.1 Å². The van der Waals surface area contributed by atoms with Crippen LogP contribution in [0.2, 0.25) is 0 Å². The molecule has 0 atom stereocenters. The number of rotatable bonds is 5. The Hall–Kier alpha value is -1.88. The second kappa shape index (κ2) is 6.05. The van der Waals surface area contributed by atoms with E-state index in [4.69, 9.17) is 9.52 Å². The first-order valence-corrected chi connectivity index (χ1v) is 7.13. The molecule has 0 fully saturated rings. The van der Waals surface area contributed by atoms with E-state index in [1.165, 1.54) is 31.3 Å². The SMILES string of the molecule is OCc1ccc(-c2cn(CCC3=CCCCC3)nn2)o1. The maximum atomic E-state index is 8.99. The van der Waals surface area contributed by atoms with Crippen LogP contribution < -0.4 is 0 Å². The molecule has 0 saturated heterocycles. The van der Waals surface area contributed by atoms with Gasteiger partial charge in [0.15, 0.2) is 5.76 Å². The molecule has 20 heavy (non-hydrogen) atoms. The minimum Gasteiger partial charge on any atom is -0.457 e. The van der Waals surface area contributed by atoms with Gasteiger partial charge in [0.05, 0.1) is 6.20 Å². The zero-order chi connectivity index (χ0) is 13.8. The second-order valence-electron chi connectivity index (χ2n) is 5.15. The number of aromatic nitrogens is 3. The molecule has 0 amide bonds. The molecule has 0 bridgehead atoms. The van der Waals surface area contributed by atoms with Crippen molar-refractivity contribution in [1.82, 2.24) is 15.0 Å². The zero-order valence-corrected chi connectivity index (χ0v) is 11.5. The lowest BCUT2D eigenvalue weighted by atomic mass is 9.97. The quantitative estimate of drug-likeness (QED) is 0.851. The van der Waals surface area contributed by atoms with E-state index in [0.29, 0.717) is 17.2 Å². The summed E-state index contributed by atoms with van der Waals surface area (Å²) in [4.78, 5) is 0. The lowest BCUT2D eigenvalue weighted by Crippen LogP contribution is -2.02. The fourth-order valence-corrected chi connectivity index (χ4v) is 2.51. The van der Waals surface area contributed by atoms with Gasteiger partial charge in [-0.15, -0.1) is 5.10 Å². The summed E-state index contributed by atoms with van der Waals surface area (Å²) >= 11 is 0. The Balaban J connectivity index is 1.63. The molecule has 3 rings (SSSR count). The van der Waals surface area contributed by atoms with Gasteiger partial charge in [-0.2, -0.15) is 0 Å². The van der Waals surface area contributed by atoms with E-state index in [1.54, 1.807) is 6.07 Å². The number of allylic oxidation sites excluding steroid dienone is 2. The molecule has 0 radical (unpaired) electrons. The fourth-order valence-electron chi connectivity index (χ4n) is 2.51. The van der Waals surface area contributed by atoms with Gasteiger partial charge in [0.1, 0.15) is 18.1 Å². The predicted molar refractivity (Wildman–Crippen MR) is 74.8 cm³/mol. The molecule has 2 heterocycles. The molecule has 1 aliphatic rings. The van der Waals surface area contributed by atoms with Crippen molar-refractivity contribution in [3.05, 3.63) is 35.7 Å². The summed E-state index contributed by atoms with van der Waals surface area (Å²) in [6.07, 6.45) is 10.4. The molecule has 2 aromatic heterocycles. The van der Waals surface area contributed by atoms with Gasteiger partial charge < -0.3 is 9.52 Å². The summed E-state index contributed by atoms with van der Waals surface area (Å²) in [7, 11) is 0. The lowest BCUT2D eigenvalue weighted by molar-refractivity contribution is 0.248. The van der Waals surface area contributed by atoms with E-state index in [-0.39, 0.29) is 6.61 Å². The number of hydrogen-bond acceptors (Lipinski definition) is 4. The summed E-state index contributed by atoms with van der Waals surface area (Å²) in [5.41, 5.74) is 2.25. The van der Waals surface area contributed by atoms with Gasteiger partial charge >= 0.3 is 0 Å². The van der Waals surface area contributed by atoms with Gasteiger partial charge in [0.2, 0.25) is 0 Å². The van der Waals surface area contributed by atoms with Crippen molar-refractivity contribution in [3.63, 3.8) is 0 Å². The third-order valence-electron chi connectivity index (χ3n) is 3.66. The van der Waals surface area contributed by atoms with Gasteiger partial charge in [-0.05, 0) is 44.2 Å². The Morgan fingerprint density at radius 2 is 2.25 bits per heavy atom. The second-order valence-corrected chi connectivity index (χ2v) is 5.15. The van der Waals surface area contributed by atoms with E-state index in [1.807, 2.05) is 16.9 Å². The third-order valence-corrected chi connectivity index (χ3v) is 3.66. The third kappa shape index (κ3) is 2.99. The van der Waals surface area contributed by atoms with Crippen LogP contribution in [0, 0.1) is 0 Å². The minimum absolute atomic E-state index is 0.0949. The van der Waals surface area contributed by atoms with Gasteiger partial charge in [-0.3, -0.25) is 4.68 Å². The molecular formula is C15H19N3O2. The highest BCUT2D eigenvalue weighted by molar-refractivity contribution is 5.50. The van der Waals surface area contributed by atoms with Crippen LogP contribution in [0.1, 0.15) is 37.9 Å². The van der Waals surface area contributed by atoms with Crippen molar-refractivity contribution >= 4 is 0 Å². The van der Waals surface area contributed by atoms with Gasteiger partial charge in [-0.25, -0.2) is 0 Å². The molecule has 0 spiro atoms. The summed E-state index contributed by atoms with van der Waals surface area (Å²) < 4.78 is 7.30. The number of aliphatic hydroxyl groups excluding tert-OH is 1. The monoisotopic (exact) mass is 273 g/mol. The van der Waals surface area contributed by atoms with Crippen molar-refractivity contribution in [1.29, 1.82) is 0 Å². The molecule has 0 saturated carbocycles. The van der Waals surface area contributed by atoms with Crippen molar-refractivity contribution < 1.29 is 9.52 Å². The average molecular weight is 273 g/mol. The van der Waals surface area contributed by atoms with E-state index in [9.17, 15) is 0 Å². The van der Waals surface area contributed by atoms with Crippen LogP contribution in [0.25, 0.3) is 11.5 Å². The molecule has 0 aromatic carbocycles. The number of nitrogens with zero attached hydrogens (tertiary/aromatic N) is 3. The number of aliphatic hydroxyl groups is 1. The smallest absolute Gasteiger partial charge is 0.156 e. The largest absolute Gasteiger partial charge is 0.457 e. The Morgan fingerprint density at radius 1 is 1.30 bits per heavy atom. The normalized spacial score (nSPS) is 15.3. The highest BCUT2D eigenvalue weighted by Gasteiger charge is 2.09. The topological polar surface area (TPSA) is 64.1 Å². The fraction of sp³-hybridized carbons (Fsp3) is 0.467. The van der Waals surface area contributed by atoms with Crippen LogP contribution >= 0.6 is 0 Å². The molecule has 1 N–H and O–H groups in total. The minimum atomic E-state index is -0.0949. The Labute approximate surface area is 117 Å². The molecule has 0 unspecified atom stereocenters. The van der Waals surface area contributed by atoms with Crippen LogP contribution in [0.15, 0.2) is 34.4 Å². The molecular weight excluding hydrogens is 254 g/mol. The van der Waals surface area contributed by atoms with Crippen LogP contribution in [0.5, 0.6) is 0 Å². The summed E-state index contributed by atoms with van der Waals surface area (Å²) in [6, 6.07) is 3.56. The van der Waals surface area contributed by atoms with Gasteiger partial charge in [0.25, 0.3) is 0 Å². The maximum absolute atomic E-state index is 8.99. The molecule has 5 heteroatoms. The zero-order valence-electron chi connectivity index (χ0n) is 11.5. The lowest BCUT2D eigenvalue weighted by Gasteiger charge is -2.11. The van der Waals surface area contributed by atoms with Crippen LogP contribution in [0.3, 0.4) is 0 Å². The number of hydrogen-bond donors (Lipinski definition) is 1. The Morgan fingerprint density at radius 3 is 3.00 bits per heavy atom. The highest BCUT2D eigenvalue weighted by Crippen LogP contribution is 2.22. The summed E-state index contributed by atoms with van der Waals surface area (Å²) in [5, 5.41) is 17.2. The van der Waals surface area contributed by atoms with E-state index in [0.717, 1.165) is 13.0 Å². The van der Waals surface area contributed by atoms with Crippen LogP contribution in [0.4, 0.5) is 0 Å². The summed E-state index contributed by atoms with van der Waals surface area (Å²) in [5.74, 6) is 1.19. The molecule has 0 aliphatic heterocycles. The van der Waals surface area contributed by atoms with E-state index in [2.05, 4.69) is 16.4 Å². The summed E-state index contributed by atoms with van der Waals surface area (Å²) in [6.45, 7) is 0.759. The van der Waals surface area contributed by atoms with Gasteiger partial charge in [-0.1, -0.05) is 16.9 Å². The number of aryl methyl sites for hydroxylation is 1. The van der Waals surface area contributed by atoms with E-state index < -0.39 is 0 Å². The van der Waals surface area contributed by atoms with Crippen molar-refractivity contribution in [2.45, 2.75) is 45.3 Å². The number of furan rings is 1. The van der Waals surface area contributed by atoms with Crippen molar-refractivity contribution in [3.8, 4) is 11.5 Å². The first kappa shape index (κ1) is 13.1. The van der Waals surface area contributed by atoms with Crippen LogP contribution in [-0.2, 0) is 13.2 Å². The first-order chi connectivity index (χ1) is 9.85.